The lowest BCUT2D eigenvalue weighted by Crippen LogP contribution is -2.08. The van der Waals surface area contributed by atoms with Crippen LogP contribution in [0.5, 0.6) is 5.75 Å². The predicted octanol–water partition coefficient (Wildman–Crippen LogP) is 2.92. The molecule has 15 heavy (non-hydrogen) atoms. The number of aromatic nitrogens is 2. The molecule has 82 valence electrons. The first-order chi connectivity index (χ1) is 7.40. The summed E-state index contributed by atoms with van der Waals surface area (Å²) in [5, 5.41) is 0. The molecule has 1 aliphatic rings. The van der Waals surface area contributed by atoms with Crippen molar-refractivity contribution >= 4 is 0 Å². The van der Waals surface area contributed by atoms with Crippen LogP contribution in [0.15, 0.2) is 12.4 Å². The third-order valence-corrected chi connectivity index (χ3v) is 2.93. The molecule has 1 saturated carbocycles. The van der Waals surface area contributed by atoms with Crippen LogP contribution in [0.25, 0.3) is 0 Å². The van der Waals surface area contributed by atoms with Crippen LogP contribution in [0.1, 0.15) is 50.8 Å². The van der Waals surface area contributed by atoms with Crippen LogP contribution in [-0.2, 0) is 0 Å². The first-order valence-corrected chi connectivity index (χ1v) is 5.85. The summed E-state index contributed by atoms with van der Waals surface area (Å²) in [5.41, 5.74) is 0. The Kier molecular flexibility index (Phi) is 3.54. The van der Waals surface area contributed by atoms with Crippen molar-refractivity contribution in [2.75, 3.05) is 6.61 Å². The van der Waals surface area contributed by atoms with Crippen LogP contribution < -0.4 is 4.74 Å². The molecular formula is C12H18N2O. The molecule has 1 heterocycles. The molecular weight excluding hydrogens is 188 g/mol. The van der Waals surface area contributed by atoms with Crippen LogP contribution in [-0.4, -0.2) is 16.6 Å². The lowest BCUT2D eigenvalue weighted by atomic mass is 9.89. The zero-order valence-corrected chi connectivity index (χ0v) is 9.28. The highest BCUT2D eigenvalue weighted by Gasteiger charge is 2.17. The van der Waals surface area contributed by atoms with Crippen LogP contribution in [0.3, 0.4) is 0 Å². The van der Waals surface area contributed by atoms with Gasteiger partial charge in [0.15, 0.2) is 5.75 Å². The average molecular weight is 206 g/mol. The minimum absolute atomic E-state index is 0.578. The van der Waals surface area contributed by atoms with E-state index in [2.05, 4.69) is 9.97 Å². The summed E-state index contributed by atoms with van der Waals surface area (Å²) < 4.78 is 5.32. The number of hydrogen-bond acceptors (Lipinski definition) is 3. The van der Waals surface area contributed by atoms with E-state index in [9.17, 15) is 0 Å². The van der Waals surface area contributed by atoms with Gasteiger partial charge in [0.1, 0.15) is 5.82 Å². The molecule has 0 bridgehead atoms. The summed E-state index contributed by atoms with van der Waals surface area (Å²) in [5.74, 6) is 2.35. The van der Waals surface area contributed by atoms with Gasteiger partial charge in [0, 0.05) is 5.92 Å². The van der Waals surface area contributed by atoms with Crippen LogP contribution >= 0.6 is 0 Å². The fraction of sp³-hybridized carbons (Fsp3) is 0.667. The lowest BCUT2D eigenvalue weighted by molar-refractivity contribution is 0.335. The lowest BCUT2D eigenvalue weighted by Gasteiger charge is -2.19. The van der Waals surface area contributed by atoms with Crippen molar-refractivity contribution in [1.82, 2.24) is 9.97 Å². The van der Waals surface area contributed by atoms with Gasteiger partial charge < -0.3 is 4.74 Å². The van der Waals surface area contributed by atoms with Crippen LogP contribution in [0, 0.1) is 0 Å². The zero-order valence-electron chi connectivity index (χ0n) is 9.28. The van der Waals surface area contributed by atoms with E-state index in [1.54, 1.807) is 12.4 Å². The summed E-state index contributed by atoms with van der Waals surface area (Å²) in [6.07, 6.45) is 10.1. The highest BCUT2D eigenvalue weighted by atomic mass is 16.5. The number of nitrogens with zero attached hydrogens (tertiary/aromatic N) is 2. The highest BCUT2D eigenvalue weighted by Crippen LogP contribution is 2.30. The molecule has 1 aromatic rings. The SMILES string of the molecule is CCOc1cnc(C2CCCCC2)nc1. The Morgan fingerprint density at radius 2 is 1.87 bits per heavy atom. The number of hydrogen-bond donors (Lipinski definition) is 0. The van der Waals surface area contributed by atoms with Crippen molar-refractivity contribution in [3.63, 3.8) is 0 Å². The summed E-state index contributed by atoms with van der Waals surface area (Å²) >= 11 is 0. The van der Waals surface area contributed by atoms with Gasteiger partial charge in [-0.15, -0.1) is 0 Å². The van der Waals surface area contributed by atoms with Crippen molar-refractivity contribution in [2.24, 2.45) is 0 Å². The molecule has 0 aromatic carbocycles. The number of rotatable bonds is 3. The van der Waals surface area contributed by atoms with Crippen molar-refractivity contribution in [2.45, 2.75) is 44.9 Å². The molecule has 1 aromatic heterocycles. The second-order valence-electron chi connectivity index (χ2n) is 4.04. The minimum Gasteiger partial charge on any atom is -0.491 e. The second-order valence-corrected chi connectivity index (χ2v) is 4.04. The van der Waals surface area contributed by atoms with E-state index in [4.69, 9.17) is 4.74 Å². The Hall–Kier alpha value is -1.12. The van der Waals surface area contributed by atoms with Crippen molar-refractivity contribution < 1.29 is 4.74 Å². The van der Waals surface area contributed by atoms with Gasteiger partial charge in [0.2, 0.25) is 0 Å². The third kappa shape index (κ3) is 2.67. The molecule has 0 aliphatic heterocycles. The Bertz CT molecular complexity index is 291. The van der Waals surface area contributed by atoms with Gasteiger partial charge in [0.05, 0.1) is 19.0 Å². The topological polar surface area (TPSA) is 35.0 Å². The first kappa shape index (κ1) is 10.4. The normalized spacial score (nSPS) is 17.7. The molecule has 2 rings (SSSR count). The van der Waals surface area contributed by atoms with E-state index in [-0.39, 0.29) is 0 Å². The molecule has 1 aliphatic carbocycles. The Morgan fingerprint density at radius 3 is 2.47 bits per heavy atom. The van der Waals surface area contributed by atoms with E-state index in [0.29, 0.717) is 12.5 Å². The Balaban J connectivity index is 2.02. The molecule has 0 radical (unpaired) electrons. The monoisotopic (exact) mass is 206 g/mol. The third-order valence-electron chi connectivity index (χ3n) is 2.93. The van der Waals surface area contributed by atoms with Crippen LogP contribution in [0.2, 0.25) is 0 Å². The van der Waals surface area contributed by atoms with Crippen molar-refractivity contribution in [3.05, 3.63) is 18.2 Å². The standard InChI is InChI=1S/C12H18N2O/c1-2-15-11-8-13-12(14-9-11)10-6-4-3-5-7-10/h8-10H,2-7H2,1H3. The summed E-state index contributed by atoms with van der Waals surface area (Å²) in [6, 6.07) is 0. The molecule has 0 atom stereocenters. The van der Waals surface area contributed by atoms with E-state index in [1.165, 1.54) is 32.1 Å². The maximum atomic E-state index is 5.32. The molecule has 0 spiro atoms. The number of ether oxygens (including phenoxy) is 1. The van der Waals surface area contributed by atoms with Crippen molar-refractivity contribution in [1.29, 1.82) is 0 Å². The fourth-order valence-corrected chi connectivity index (χ4v) is 2.14. The van der Waals surface area contributed by atoms with Crippen LogP contribution in [0.4, 0.5) is 0 Å². The summed E-state index contributed by atoms with van der Waals surface area (Å²) in [7, 11) is 0. The molecule has 3 nitrogen and oxygen atoms in total. The van der Waals surface area contributed by atoms with E-state index >= 15 is 0 Å². The van der Waals surface area contributed by atoms with Crippen molar-refractivity contribution in [3.8, 4) is 5.75 Å². The van der Waals surface area contributed by atoms with Gasteiger partial charge in [0.25, 0.3) is 0 Å². The Labute approximate surface area is 90.9 Å². The zero-order chi connectivity index (χ0) is 10.5. The van der Waals surface area contributed by atoms with Gasteiger partial charge in [-0.25, -0.2) is 9.97 Å². The molecule has 3 heteroatoms. The summed E-state index contributed by atoms with van der Waals surface area (Å²) in [6.45, 7) is 2.64. The smallest absolute Gasteiger partial charge is 0.155 e. The summed E-state index contributed by atoms with van der Waals surface area (Å²) in [4.78, 5) is 8.77. The Morgan fingerprint density at radius 1 is 1.20 bits per heavy atom. The molecule has 0 saturated heterocycles. The first-order valence-electron chi connectivity index (χ1n) is 5.85. The van der Waals surface area contributed by atoms with Gasteiger partial charge in [-0.1, -0.05) is 19.3 Å². The minimum atomic E-state index is 0.578. The van der Waals surface area contributed by atoms with E-state index < -0.39 is 0 Å². The molecule has 0 unspecified atom stereocenters. The molecule has 0 amide bonds. The second kappa shape index (κ2) is 5.10. The van der Waals surface area contributed by atoms with E-state index in [0.717, 1.165) is 11.6 Å². The maximum Gasteiger partial charge on any atom is 0.155 e. The quantitative estimate of drug-likeness (QED) is 0.762. The predicted molar refractivity (Wildman–Crippen MR) is 59.0 cm³/mol. The average Bonchev–Trinajstić information content (AvgIpc) is 2.32. The maximum absolute atomic E-state index is 5.32. The largest absolute Gasteiger partial charge is 0.491 e. The molecule has 0 N–H and O–H groups in total. The fourth-order valence-electron chi connectivity index (χ4n) is 2.14. The van der Waals surface area contributed by atoms with E-state index in [1.807, 2.05) is 6.92 Å². The van der Waals surface area contributed by atoms with Gasteiger partial charge in [-0.05, 0) is 19.8 Å². The van der Waals surface area contributed by atoms with Gasteiger partial charge >= 0.3 is 0 Å². The van der Waals surface area contributed by atoms with Gasteiger partial charge in [-0.2, -0.15) is 0 Å². The van der Waals surface area contributed by atoms with Gasteiger partial charge in [-0.3, -0.25) is 0 Å². The molecule has 1 fully saturated rings. The highest BCUT2D eigenvalue weighted by molar-refractivity contribution is 5.13.